The maximum atomic E-state index is 12.4. The maximum absolute atomic E-state index is 12.4. The quantitative estimate of drug-likeness (QED) is 0.767. The normalized spacial score (nSPS) is 11.8. The molecule has 0 fully saturated rings. The summed E-state index contributed by atoms with van der Waals surface area (Å²) in [5.74, 6) is 0.654. The number of ether oxygens (including phenoxy) is 1. The highest BCUT2D eigenvalue weighted by molar-refractivity contribution is 7.98. The summed E-state index contributed by atoms with van der Waals surface area (Å²) in [7, 11) is 1.78. The average Bonchev–Trinajstić information content (AvgIpc) is 2.55. The molecule has 2 aromatic rings. The largest absolute Gasteiger partial charge is 0.481 e. The molecule has 0 N–H and O–H groups in total. The predicted molar refractivity (Wildman–Crippen MR) is 89.0 cm³/mol. The third-order valence-electron chi connectivity index (χ3n) is 3.27. The Morgan fingerprint density at radius 1 is 1.23 bits per heavy atom. The maximum Gasteiger partial charge on any atom is 0.263 e. The number of likely N-dealkylation sites (N-methyl/N-ethyl adjacent to an activating group) is 1. The van der Waals surface area contributed by atoms with Crippen LogP contribution < -0.4 is 4.74 Å². The van der Waals surface area contributed by atoms with E-state index in [1.807, 2.05) is 42.7 Å². The molecule has 4 nitrogen and oxygen atoms in total. The average molecular weight is 316 g/mol. The monoisotopic (exact) mass is 316 g/mol. The van der Waals surface area contributed by atoms with Crippen LogP contribution in [-0.2, 0) is 11.3 Å². The van der Waals surface area contributed by atoms with Crippen molar-refractivity contribution < 1.29 is 9.53 Å². The van der Waals surface area contributed by atoms with Gasteiger partial charge in [0, 0.05) is 30.9 Å². The molecule has 0 bridgehead atoms. The van der Waals surface area contributed by atoms with Gasteiger partial charge in [0.25, 0.3) is 5.91 Å². The fourth-order valence-corrected chi connectivity index (χ4v) is 2.47. The van der Waals surface area contributed by atoms with Crippen molar-refractivity contribution in [3.63, 3.8) is 0 Å². The summed E-state index contributed by atoms with van der Waals surface area (Å²) in [5, 5.41) is 0. The van der Waals surface area contributed by atoms with Crippen LogP contribution in [0.25, 0.3) is 0 Å². The van der Waals surface area contributed by atoms with Crippen LogP contribution >= 0.6 is 11.8 Å². The number of hydrogen-bond acceptors (Lipinski definition) is 4. The number of hydrogen-bond donors (Lipinski definition) is 0. The van der Waals surface area contributed by atoms with Crippen molar-refractivity contribution in [2.75, 3.05) is 13.3 Å². The molecular weight excluding hydrogens is 296 g/mol. The minimum absolute atomic E-state index is 0.0502. The van der Waals surface area contributed by atoms with Gasteiger partial charge in [0.1, 0.15) is 5.75 Å². The van der Waals surface area contributed by atoms with Crippen molar-refractivity contribution in [1.82, 2.24) is 9.88 Å². The van der Waals surface area contributed by atoms with Crippen LogP contribution in [0, 0.1) is 0 Å². The van der Waals surface area contributed by atoms with Crippen molar-refractivity contribution in [3.05, 3.63) is 54.4 Å². The molecule has 22 heavy (non-hydrogen) atoms. The zero-order valence-electron chi connectivity index (χ0n) is 13.0. The van der Waals surface area contributed by atoms with Gasteiger partial charge in [-0.3, -0.25) is 9.78 Å². The first kappa shape index (κ1) is 16.4. The van der Waals surface area contributed by atoms with Crippen LogP contribution in [0.15, 0.2) is 53.7 Å². The molecule has 5 heteroatoms. The molecule has 1 aromatic heterocycles. The number of carbonyl (C=O) groups is 1. The molecule has 0 aliphatic carbocycles. The Labute approximate surface area is 135 Å². The van der Waals surface area contributed by atoms with Gasteiger partial charge in [-0.1, -0.05) is 0 Å². The first-order valence-electron chi connectivity index (χ1n) is 7.04. The van der Waals surface area contributed by atoms with Crippen LogP contribution in [0.3, 0.4) is 0 Å². The lowest BCUT2D eigenvalue weighted by atomic mass is 10.2. The minimum atomic E-state index is -0.521. The molecule has 116 valence electrons. The van der Waals surface area contributed by atoms with E-state index in [9.17, 15) is 4.79 Å². The van der Waals surface area contributed by atoms with E-state index < -0.39 is 6.10 Å². The fourth-order valence-electron chi connectivity index (χ4n) is 2.06. The molecule has 1 atom stereocenters. The van der Waals surface area contributed by atoms with E-state index in [0.29, 0.717) is 12.3 Å². The van der Waals surface area contributed by atoms with Gasteiger partial charge < -0.3 is 9.64 Å². The third-order valence-corrected chi connectivity index (χ3v) is 4.01. The topological polar surface area (TPSA) is 42.4 Å². The molecule has 0 aliphatic rings. The van der Waals surface area contributed by atoms with E-state index in [-0.39, 0.29) is 5.91 Å². The Hall–Kier alpha value is -2.01. The number of benzene rings is 1. The van der Waals surface area contributed by atoms with Gasteiger partial charge in [-0.25, -0.2) is 0 Å². The van der Waals surface area contributed by atoms with Crippen molar-refractivity contribution in [2.24, 2.45) is 0 Å². The number of nitrogens with zero attached hydrogens (tertiary/aromatic N) is 2. The lowest BCUT2D eigenvalue weighted by Crippen LogP contribution is -2.37. The first-order valence-corrected chi connectivity index (χ1v) is 8.27. The van der Waals surface area contributed by atoms with E-state index in [1.165, 1.54) is 4.90 Å². The van der Waals surface area contributed by atoms with Crippen LogP contribution in [0.1, 0.15) is 12.5 Å². The van der Waals surface area contributed by atoms with E-state index in [0.717, 1.165) is 5.56 Å². The van der Waals surface area contributed by atoms with E-state index >= 15 is 0 Å². The van der Waals surface area contributed by atoms with Gasteiger partial charge in [0.2, 0.25) is 0 Å². The summed E-state index contributed by atoms with van der Waals surface area (Å²) in [6, 6.07) is 11.5. The van der Waals surface area contributed by atoms with Gasteiger partial charge in [0.05, 0.1) is 0 Å². The number of amides is 1. The number of rotatable bonds is 6. The molecule has 0 saturated heterocycles. The van der Waals surface area contributed by atoms with E-state index in [1.54, 1.807) is 43.0 Å². The second-order valence-corrected chi connectivity index (χ2v) is 5.87. The second-order valence-electron chi connectivity index (χ2n) is 4.99. The van der Waals surface area contributed by atoms with Gasteiger partial charge in [0.15, 0.2) is 6.10 Å². The lowest BCUT2D eigenvalue weighted by molar-refractivity contribution is -0.137. The van der Waals surface area contributed by atoms with Crippen LogP contribution in [-0.4, -0.2) is 35.2 Å². The second kappa shape index (κ2) is 7.84. The Kier molecular flexibility index (Phi) is 5.83. The smallest absolute Gasteiger partial charge is 0.263 e. The third kappa shape index (κ3) is 4.49. The summed E-state index contributed by atoms with van der Waals surface area (Å²) in [5.41, 5.74) is 1.04. The van der Waals surface area contributed by atoms with Gasteiger partial charge in [-0.15, -0.1) is 11.8 Å². The zero-order chi connectivity index (χ0) is 15.9. The van der Waals surface area contributed by atoms with Crippen molar-refractivity contribution in [1.29, 1.82) is 0 Å². The van der Waals surface area contributed by atoms with Crippen molar-refractivity contribution in [3.8, 4) is 5.75 Å². The summed E-state index contributed by atoms with van der Waals surface area (Å²) < 4.78 is 5.72. The molecule has 1 heterocycles. The zero-order valence-corrected chi connectivity index (χ0v) is 13.8. The molecule has 0 unspecified atom stereocenters. The highest BCUT2D eigenvalue weighted by atomic mass is 32.2. The number of thioether (sulfide) groups is 1. The molecule has 0 radical (unpaired) electrons. The van der Waals surface area contributed by atoms with Gasteiger partial charge in [-0.2, -0.15) is 0 Å². The van der Waals surface area contributed by atoms with Crippen molar-refractivity contribution >= 4 is 17.7 Å². The molecular formula is C17H20N2O2S. The summed E-state index contributed by atoms with van der Waals surface area (Å²) >= 11 is 1.67. The standard InChI is InChI=1S/C17H20N2O2S/c1-13(21-15-4-6-16(22-3)7-5-15)17(20)19(2)12-14-8-10-18-11-9-14/h4-11,13H,12H2,1-3H3/t13-/m1/s1. The van der Waals surface area contributed by atoms with Crippen LogP contribution in [0.2, 0.25) is 0 Å². The summed E-state index contributed by atoms with van der Waals surface area (Å²) in [4.78, 5) is 19.2. The summed E-state index contributed by atoms with van der Waals surface area (Å²) in [6.07, 6.45) is 4.95. The Morgan fingerprint density at radius 3 is 2.45 bits per heavy atom. The summed E-state index contributed by atoms with van der Waals surface area (Å²) in [6.45, 7) is 2.31. The first-order chi connectivity index (χ1) is 10.6. The molecule has 0 saturated carbocycles. The van der Waals surface area contributed by atoms with Crippen molar-refractivity contribution in [2.45, 2.75) is 24.5 Å². The number of carbonyl (C=O) groups excluding carboxylic acids is 1. The molecule has 0 spiro atoms. The SMILES string of the molecule is CSc1ccc(O[C@H](C)C(=O)N(C)Cc2ccncc2)cc1. The van der Waals surface area contributed by atoms with E-state index in [2.05, 4.69) is 4.98 Å². The number of aromatic nitrogens is 1. The van der Waals surface area contributed by atoms with Gasteiger partial charge >= 0.3 is 0 Å². The van der Waals surface area contributed by atoms with Crippen LogP contribution in [0.4, 0.5) is 0 Å². The molecule has 1 aromatic carbocycles. The van der Waals surface area contributed by atoms with Crippen LogP contribution in [0.5, 0.6) is 5.75 Å². The Balaban J connectivity index is 1.93. The highest BCUT2D eigenvalue weighted by Gasteiger charge is 2.19. The van der Waals surface area contributed by atoms with Gasteiger partial charge in [-0.05, 0) is 55.1 Å². The minimum Gasteiger partial charge on any atom is -0.481 e. The molecule has 0 aliphatic heterocycles. The Morgan fingerprint density at radius 2 is 1.86 bits per heavy atom. The van der Waals surface area contributed by atoms with E-state index in [4.69, 9.17) is 4.74 Å². The predicted octanol–water partition coefficient (Wildman–Crippen LogP) is 3.23. The Bertz CT molecular complexity index is 602. The lowest BCUT2D eigenvalue weighted by Gasteiger charge is -2.22. The number of pyridine rings is 1. The highest BCUT2D eigenvalue weighted by Crippen LogP contribution is 2.20. The fraction of sp³-hybridized carbons (Fsp3) is 0.294. The molecule has 1 amide bonds. The molecule has 2 rings (SSSR count).